The highest BCUT2D eigenvalue weighted by Gasteiger charge is 2.13. The number of hydrogen-bond acceptors (Lipinski definition) is 2. The molecule has 0 aliphatic carbocycles. The molecular formula is C14H20N2. The van der Waals surface area contributed by atoms with Crippen LogP contribution in [0.4, 0.5) is 5.69 Å². The van der Waals surface area contributed by atoms with Crippen molar-refractivity contribution in [3.63, 3.8) is 0 Å². The quantitative estimate of drug-likeness (QED) is 0.771. The van der Waals surface area contributed by atoms with Crippen LogP contribution in [0.15, 0.2) is 18.2 Å². The second-order valence-corrected chi connectivity index (χ2v) is 4.52. The van der Waals surface area contributed by atoms with Crippen molar-refractivity contribution in [2.45, 2.75) is 27.7 Å². The van der Waals surface area contributed by atoms with Gasteiger partial charge in [-0.1, -0.05) is 26.0 Å². The Labute approximate surface area is 98.5 Å². The molecule has 0 saturated heterocycles. The van der Waals surface area contributed by atoms with E-state index in [0.29, 0.717) is 5.92 Å². The second kappa shape index (κ2) is 5.55. The van der Waals surface area contributed by atoms with Crippen LogP contribution < -0.4 is 4.90 Å². The molecule has 0 spiro atoms. The average molecular weight is 216 g/mol. The fraction of sp³-hybridized carbons (Fsp3) is 0.500. The lowest BCUT2D eigenvalue weighted by Gasteiger charge is -2.27. The number of nitrogens with zero attached hydrogens (tertiary/aromatic N) is 2. The van der Waals surface area contributed by atoms with Crippen molar-refractivity contribution in [1.82, 2.24) is 0 Å². The van der Waals surface area contributed by atoms with Crippen molar-refractivity contribution >= 4 is 5.69 Å². The third kappa shape index (κ3) is 2.76. The zero-order chi connectivity index (χ0) is 12.1. The van der Waals surface area contributed by atoms with Crippen LogP contribution in [-0.4, -0.2) is 13.1 Å². The summed E-state index contributed by atoms with van der Waals surface area (Å²) in [5, 5.41) is 9.14. The van der Waals surface area contributed by atoms with E-state index in [0.717, 1.165) is 24.3 Å². The van der Waals surface area contributed by atoms with Crippen LogP contribution >= 0.6 is 0 Å². The Balaban J connectivity index is 3.13. The predicted molar refractivity (Wildman–Crippen MR) is 68.6 cm³/mol. The summed E-state index contributed by atoms with van der Waals surface area (Å²) >= 11 is 0. The molecule has 2 nitrogen and oxygen atoms in total. The SMILES string of the molecule is CCN(CC(C)C)c1c(C)cccc1C#N. The normalized spacial score (nSPS) is 10.2. The summed E-state index contributed by atoms with van der Waals surface area (Å²) < 4.78 is 0. The lowest BCUT2D eigenvalue weighted by atomic mass is 10.1. The highest BCUT2D eigenvalue weighted by molar-refractivity contribution is 5.63. The topological polar surface area (TPSA) is 27.0 Å². The molecule has 0 aliphatic rings. The molecule has 2 heteroatoms. The van der Waals surface area contributed by atoms with E-state index in [-0.39, 0.29) is 0 Å². The molecule has 0 N–H and O–H groups in total. The summed E-state index contributed by atoms with van der Waals surface area (Å²) in [7, 11) is 0. The fourth-order valence-electron chi connectivity index (χ4n) is 1.99. The van der Waals surface area contributed by atoms with Crippen LogP contribution in [0.1, 0.15) is 31.9 Å². The molecule has 16 heavy (non-hydrogen) atoms. The summed E-state index contributed by atoms with van der Waals surface area (Å²) in [6.45, 7) is 10.5. The van der Waals surface area contributed by atoms with Crippen LogP contribution in [0.3, 0.4) is 0 Å². The molecular weight excluding hydrogens is 196 g/mol. The zero-order valence-corrected chi connectivity index (χ0v) is 10.6. The molecule has 0 atom stereocenters. The van der Waals surface area contributed by atoms with Gasteiger partial charge in [0.05, 0.1) is 11.3 Å². The van der Waals surface area contributed by atoms with E-state index in [1.54, 1.807) is 0 Å². The van der Waals surface area contributed by atoms with Gasteiger partial charge in [0.1, 0.15) is 6.07 Å². The predicted octanol–water partition coefficient (Wildman–Crippen LogP) is 3.35. The zero-order valence-electron chi connectivity index (χ0n) is 10.6. The highest BCUT2D eigenvalue weighted by Crippen LogP contribution is 2.25. The minimum Gasteiger partial charge on any atom is -0.370 e. The first-order valence-corrected chi connectivity index (χ1v) is 5.84. The van der Waals surface area contributed by atoms with E-state index >= 15 is 0 Å². The maximum Gasteiger partial charge on any atom is 0.101 e. The number of rotatable bonds is 4. The number of aryl methyl sites for hydroxylation is 1. The van der Waals surface area contributed by atoms with Gasteiger partial charge in [-0.15, -0.1) is 0 Å². The number of benzene rings is 1. The lowest BCUT2D eigenvalue weighted by molar-refractivity contribution is 0.617. The van der Waals surface area contributed by atoms with E-state index in [1.165, 1.54) is 5.56 Å². The van der Waals surface area contributed by atoms with E-state index in [9.17, 15) is 0 Å². The van der Waals surface area contributed by atoms with Gasteiger partial charge >= 0.3 is 0 Å². The van der Waals surface area contributed by atoms with Gasteiger partial charge in [0.15, 0.2) is 0 Å². The number of para-hydroxylation sites is 1. The van der Waals surface area contributed by atoms with Gasteiger partial charge in [0, 0.05) is 13.1 Å². The Morgan fingerprint density at radius 3 is 2.56 bits per heavy atom. The third-order valence-electron chi connectivity index (χ3n) is 2.64. The standard InChI is InChI=1S/C14H20N2/c1-5-16(10-11(2)3)14-12(4)7-6-8-13(14)9-15/h6-8,11H,5,10H2,1-4H3. The summed E-state index contributed by atoms with van der Waals surface area (Å²) in [5.74, 6) is 0.603. The first-order chi connectivity index (χ1) is 7.60. The van der Waals surface area contributed by atoms with Gasteiger partial charge in [-0.05, 0) is 31.4 Å². The maximum atomic E-state index is 9.14. The Morgan fingerprint density at radius 1 is 1.38 bits per heavy atom. The molecule has 1 aromatic rings. The van der Waals surface area contributed by atoms with Gasteiger partial charge < -0.3 is 4.90 Å². The minimum absolute atomic E-state index is 0.603. The molecule has 0 unspecified atom stereocenters. The van der Waals surface area contributed by atoms with Crippen molar-refractivity contribution in [2.75, 3.05) is 18.0 Å². The molecule has 86 valence electrons. The molecule has 1 aromatic carbocycles. The molecule has 1 rings (SSSR count). The van der Waals surface area contributed by atoms with Gasteiger partial charge in [0.25, 0.3) is 0 Å². The largest absolute Gasteiger partial charge is 0.370 e. The van der Waals surface area contributed by atoms with Crippen molar-refractivity contribution < 1.29 is 0 Å². The monoisotopic (exact) mass is 216 g/mol. The van der Waals surface area contributed by atoms with Crippen molar-refractivity contribution in [2.24, 2.45) is 5.92 Å². The number of anilines is 1. The smallest absolute Gasteiger partial charge is 0.101 e. The van der Waals surface area contributed by atoms with Crippen LogP contribution in [0.2, 0.25) is 0 Å². The summed E-state index contributed by atoms with van der Waals surface area (Å²) in [4.78, 5) is 2.29. The number of hydrogen-bond donors (Lipinski definition) is 0. The van der Waals surface area contributed by atoms with Crippen LogP contribution in [0.5, 0.6) is 0 Å². The minimum atomic E-state index is 0.603. The van der Waals surface area contributed by atoms with E-state index in [1.807, 2.05) is 12.1 Å². The first-order valence-electron chi connectivity index (χ1n) is 5.84. The Hall–Kier alpha value is -1.49. The first kappa shape index (κ1) is 12.6. The molecule has 0 amide bonds. The summed E-state index contributed by atoms with van der Waals surface area (Å²) in [5.41, 5.74) is 3.06. The molecule has 0 aliphatic heterocycles. The molecule has 0 fully saturated rings. The Bertz CT molecular complexity index is 388. The highest BCUT2D eigenvalue weighted by atomic mass is 15.1. The van der Waals surface area contributed by atoms with Gasteiger partial charge in [-0.2, -0.15) is 5.26 Å². The van der Waals surface area contributed by atoms with Crippen molar-refractivity contribution in [3.8, 4) is 6.07 Å². The van der Waals surface area contributed by atoms with E-state index < -0.39 is 0 Å². The number of nitriles is 1. The average Bonchev–Trinajstić information content (AvgIpc) is 2.25. The molecule has 0 radical (unpaired) electrons. The second-order valence-electron chi connectivity index (χ2n) is 4.52. The summed E-state index contributed by atoms with van der Waals surface area (Å²) in [6.07, 6.45) is 0. The third-order valence-corrected chi connectivity index (χ3v) is 2.64. The van der Waals surface area contributed by atoms with Crippen LogP contribution in [0, 0.1) is 24.2 Å². The fourth-order valence-corrected chi connectivity index (χ4v) is 1.99. The van der Waals surface area contributed by atoms with E-state index in [4.69, 9.17) is 5.26 Å². The Morgan fingerprint density at radius 2 is 2.06 bits per heavy atom. The van der Waals surface area contributed by atoms with E-state index in [2.05, 4.69) is 44.7 Å². The molecule has 0 saturated carbocycles. The molecule has 0 bridgehead atoms. The maximum absolute atomic E-state index is 9.14. The molecule has 0 heterocycles. The van der Waals surface area contributed by atoms with Crippen molar-refractivity contribution in [1.29, 1.82) is 5.26 Å². The molecule has 0 aromatic heterocycles. The van der Waals surface area contributed by atoms with Gasteiger partial charge in [0.2, 0.25) is 0 Å². The Kier molecular flexibility index (Phi) is 4.37. The van der Waals surface area contributed by atoms with Gasteiger partial charge in [-0.3, -0.25) is 0 Å². The summed E-state index contributed by atoms with van der Waals surface area (Å²) in [6, 6.07) is 8.19. The lowest BCUT2D eigenvalue weighted by Crippen LogP contribution is -2.28. The van der Waals surface area contributed by atoms with Crippen LogP contribution in [0.25, 0.3) is 0 Å². The van der Waals surface area contributed by atoms with Crippen LogP contribution in [-0.2, 0) is 0 Å². The van der Waals surface area contributed by atoms with Crippen molar-refractivity contribution in [3.05, 3.63) is 29.3 Å². The van der Waals surface area contributed by atoms with Gasteiger partial charge in [-0.25, -0.2) is 0 Å².